The minimum absolute atomic E-state index is 0.0562. The van der Waals surface area contributed by atoms with Gasteiger partial charge in [-0.3, -0.25) is 9.80 Å². The number of halogens is 3. The van der Waals surface area contributed by atoms with E-state index in [0.717, 1.165) is 12.1 Å². The number of hydrazone groups is 1. The fourth-order valence-corrected chi connectivity index (χ4v) is 4.25. The Balaban J connectivity index is 1.27. The molecule has 2 aliphatic heterocycles. The van der Waals surface area contributed by atoms with Crippen LogP contribution in [0.5, 0.6) is 0 Å². The number of carbonyl (C=O) groups is 1. The number of rotatable bonds is 4. The van der Waals surface area contributed by atoms with Crippen molar-refractivity contribution in [2.24, 2.45) is 5.10 Å². The van der Waals surface area contributed by atoms with Gasteiger partial charge in [0.05, 0.1) is 23.6 Å². The Morgan fingerprint density at radius 1 is 1.25 bits per heavy atom. The fourth-order valence-electron chi connectivity index (χ4n) is 3.45. The van der Waals surface area contributed by atoms with E-state index >= 15 is 0 Å². The van der Waals surface area contributed by atoms with Gasteiger partial charge in [0.15, 0.2) is 5.17 Å². The Hall–Kier alpha value is -3.32. The minimum Gasteiger partial charge on any atom is -0.468 e. The summed E-state index contributed by atoms with van der Waals surface area (Å²) in [5.74, 6) is 0.942. The molecule has 2 atom stereocenters. The van der Waals surface area contributed by atoms with E-state index in [2.05, 4.69) is 26.1 Å². The van der Waals surface area contributed by atoms with Crippen LogP contribution in [0.3, 0.4) is 0 Å². The van der Waals surface area contributed by atoms with Crippen molar-refractivity contribution in [3.8, 4) is 11.4 Å². The minimum atomic E-state index is -4.46. The summed E-state index contributed by atoms with van der Waals surface area (Å²) < 4.78 is 49.4. The van der Waals surface area contributed by atoms with E-state index < -0.39 is 17.8 Å². The molecule has 2 N–H and O–H groups in total. The van der Waals surface area contributed by atoms with E-state index in [1.165, 1.54) is 23.9 Å². The van der Waals surface area contributed by atoms with Gasteiger partial charge in [0.2, 0.25) is 11.7 Å². The van der Waals surface area contributed by atoms with E-state index in [9.17, 15) is 18.0 Å². The Morgan fingerprint density at radius 3 is 2.91 bits per heavy atom. The highest BCUT2D eigenvalue weighted by Gasteiger charge is 2.42. The van der Waals surface area contributed by atoms with Gasteiger partial charge >= 0.3 is 6.18 Å². The molecule has 2 unspecified atom stereocenters. The number of amides is 1. The molecule has 166 valence electrons. The van der Waals surface area contributed by atoms with Crippen molar-refractivity contribution in [2.75, 3.05) is 0 Å². The number of hydrogen-bond acceptors (Lipinski definition) is 9. The lowest BCUT2D eigenvalue weighted by Crippen LogP contribution is -2.52. The van der Waals surface area contributed by atoms with Crippen molar-refractivity contribution in [2.45, 2.75) is 30.4 Å². The molecule has 0 spiro atoms. The molecule has 1 amide bonds. The Labute approximate surface area is 183 Å². The predicted octanol–water partition coefficient (Wildman–Crippen LogP) is 3.30. The van der Waals surface area contributed by atoms with Crippen LogP contribution in [0.15, 0.2) is 56.7 Å². The molecule has 5 rings (SSSR count). The summed E-state index contributed by atoms with van der Waals surface area (Å²) in [7, 11) is 0. The normalized spacial score (nSPS) is 20.8. The van der Waals surface area contributed by atoms with Crippen LogP contribution in [0.4, 0.5) is 13.2 Å². The SMILES string of the molecule is O=C1NN=C(SCc2nc(-c3cccc(C(F)(F)F)c3)no2)N2NC(c3ccco3)CC12. The van der Waals surface area contributed by atoms with Crippen LogP contribution in [0.2, 0.25) is 0 Å². The van der Waals surface area contributed by atoms with Gasteiger partial charge in [-0.2, -0.15) is 18.2 Å². The zero-order valence-electron chi connectivity index (χ0n) is 16.2. The Kier molecular flexibility index (Phi) is 5.13. The number of furan rings is 1. The first-order valence-electron chi connectivity index (χ1n) is 9.48. The van der Waals surface area contributed by atoms with E-state index in [1.54, 1.807) is 17.3 Å². The molecule has 1 fully saturated rings. The maximum absolute atomic E-state index is 12.9. The molecule has 32 heavy (non-hydrogen) atoms. The number of thioether (sulfide) groups is 1. The summed E-state index contributed by atoms with van der Waals surface area (Å²) in [6.45, 7) is 0. The number of nitrogens with one attached hydrogen (secondary N) is 2. The van der Waals surface area contributed by atoms with Gasteiger partial charge in [0.25, 0.3) is 5.91 Å². The second-order valence-corrected chi connectivity index (χ2v) is 8.01. The lowest BCUT2D eigenvalue weighted by Gasteiger charge is -2.28. The van der Waals surface area contributed by atoms with Gasteiger partial charge in [0.1, 0.15) is 11.8 Å². The lowest BCUT2D eigenvalue weighted by molar-refractivity contribution is -0.137. The van der Waals surface area contributed by atoms with Gasteiger partial charge in [-0.15, -0.1) is 5.10 Å². The van der Waals surface area contributed by atoms with Crippen LogP contribution >= 0.6 is 11.8 Å². The third-order valence-electron chi connectivity index (χ3n) is 4.96. The number of aromatic nitrogens is 2. The third-order valence-corrected chi connectivity index (χ3v) is 5.90. The number of alkyl halides is 3. The Morgan fingerprint density at radius 2 is 2.12 bits per heavy atom. The van der Waals surface area contributed by atoms with Gasteiger partial charge in [-0.25, -0.2) is 10.9 Å². The van der Waals surface area contributed by atoms with Crippen molar-refractivity contribution in [1.82, 2.24) is 26.0 Å². The summed E-state index contributed by atoms with van der Waals surface area (Å²) in [5, 5.41) is 10.0. The van der Waals surface area contributed by atoms with E-state index in [-0.39, 0.29) is 35.0 Å². The topological polar surface area (TPSA) is 109 Å². The molecule has 2 aliphatic rings. The second kappa shape index (κ2) is 7.98. The van der Waals surface area contributed by atoms with Crippen molar-refractivity contribution in [3.63, 3.8) is 0 Å². The average Bonchev–Trinajstić information content (AvgIpc) is 3.53. The average molecular weight is 464 g/mol. The van der Waals surface area contributed by atoms with Gasteiger partial charge in [-0.1, -0.05) is 29.1 Å². The molecule has 0 radical (unpaired) electrons. The fraction of sp³-hybridized carbons (Fsp3) is 0.263. The third kappa shape index (κ3) is 3.96. The molecular formula is C19H15F3N6O3S. The quantitative estimate of drug-likeness (QED) is 0.606. The smallest absolute Gasteiger partial charge is 0.416 e. The monoisotopic (exact) mass is 464 g/mol. The van der Waals surface area contributed by atoms with E-state index in [4.69, 9.17) is 8.94 Å². The maximum Gasteiger partial charge on any atom is 0.416 e. The summed E-state index contributed by atoms with van der Waals surface area (Å²) in [6.07, 6.45) is -2.40. The van der Waals surface area contributed by atoms with Crippen molar-refractivity contribution in [1.29, 1.82) is 0 Å². The highest BCUT2D eigenvalue weighted by Crippen LogP contribution is 2.33. The van der Waals surface area contributed by atoms with Crippen molar-refractivity contribution in [3.05, 3.63) is 59.9 Å². The number of fused-ring (bicyclic) bond motifs is 1. The first-order chi connectivity index (χ1) is 15.4. The van der Waals surface area contributed by atoms with Gasteiger partial charge < -0.3 is 8.94 Å². The second-order valence-electron chi connectivity index (χ2n) is 7.07. The number of hydrogen-bond donors (Lipinski definition) is 2. The number of nitrogens with zero attached hydrogens (tertiary/aromatic N) is 4. The van der Waals surface area contributed by atoms with E-state index in [1.807, 2.05) is 6.07 Å². The molecule has 0 saturated carbocycles. The summed E-state index contributed by atoms with van der Waals surface area (Å²) in [4.78, 5) is 16.4. The molecule has 0 bridgehead atoms. The first-order valence-corrected chi connectivity index (χ1v) is 10.5. The van der Waals surface area contributed by atoms with Crippen LogP contribution < -0.4 is 10.9 Å². The van der Waals surface area contributed by atoms with Crippen LogP contribution in [0.25, 0.3) is 11.4 Å². The van der Waals surface area contributed by atoms with Crippen molar-refractivity contribution >= 4 is 22.8 Å². The molecule has 3 aromatic rings. The molecule has 1 saturated heterocycles. The van der Waals surface area contributed by atoms with Gasteiger partial charge in [0, 0.05) is 12.0 Å². The number of hydrazine groups is 1. The zero-order valence-corrected chi connectivity index (χ0v) is 17.0. The highest BCUT2D eigenvalue weighted by atomic mass is 32.2. The molecule has 13 heteroatoms. The molecule has 9 nitrogen and oxygen atoms in total. The summed E-state index contributed by atoms with van der Waals surface area (Å²) >= 11 is 1.24. The lowest BCUT2D eigenvalue weighted by atomic mass is 10.1. The Bertz CT molecular complexity index is 1160. The summed E-state index contributed by atoms with van der Waals surface area (Å²) in [6, 6.07) is 7.67. The number of amidine groups is 1. The number of carbonyl (C=O) groups excluding carboxylic acids is 1. The van der Waals surface area contributed by atoms with Crippen LogP contribution in [0.1, 0.15) is 29.7 Å². The van der Waals surface area contributed by atoms with Crippen LogP contribution in [0, 0.1) is 0 Å². The predicted molar refractivity (Wildman–Crippen MR) is 106 cm³/mol. The summed E-state index contributed by atoms with van der Waals surface area (Å²) in [5.41, 5.74) is 5.12. The largest absolute Gasteiger partial charge is 0.468 e. The van der Waals surface area contributed by atoms with E-state index in [0.29, 0.717) is 17.3 Å². The van der Waals surface area contributed by atoms with Crippen LogP contribution in [-0.4, -0.2) is 32.3 Å². The standard InChI is InChI=1S/C19H15F3N6O3S/c20-19(21,22)11-4-1-3-10(7-11)16-23-15(31-27-16)9-32-18-25-24-17(29)13-8-12(26-28(13)18)14-5-2-6-30-14/h1-7,12-13,26H,8-9H2,(H,24,29). The van der Waals surface area contributed by atoms with Crippen molar-refractivity contribution < 1.29 is 26.9 Å². The highest BCUT2D eigenvalue weighted by molar-refractivity contribution is 8.13. The molecular weight excluding hydrogens is 449 g/mol. The first kappa shape index (κ1) is 20.6. The maximum atomic E-state index is 12.9. The molecule has 2 aromatic heterocycles. The molecule has 1 aromatic carbocycles. The van der Waals surface area contributed by atoms with Gasteiger partial charge in [-0.05, 0) is 24.3 Å². The zero-order chi connectivity index (χ0) is 22.3. The molecule has 0 aliphatic carbocycles. The molecule has 4 heterocycles. The van der Waals surface area contributed by atoms with Crippen LogP contribution in [-0.2, 0) is 16.7 Å². The number of benzene rings is 1.